The number of quaternary nitrogens is 1. The van der Waals surface area contributed by atoms with Gasteiger partial charge in [-0.2, -0.15) is 0 Å². The van der Waals surface area contributed by atoms with Crippen LogP contribution in [0.4, 0.5) is 0 Å². The second-order valence-corrected chi connectivity index (χ2v) is 14.1. The molecular formula is C26H52Br2NP. The lowest BCUT2D eigenvalue weighted by Crippen LogP contribution is -3.00. The molecule has 0 N–H and O–H groups in total. The summed E-state index contributed by atoms with van der Waals surface area (Å²) < 4.78 is 0.990. The van der Waals surface area contributed by atoms with Gasteiger partial charge in [-0.05, 0) is 25.7 Å². The van der Waals surface area contributed by atoms with Crippen LogP contribution in [0.3, 0.4) is 0 Å². The van der Waals surface area contributed by atoms with Gasteiger partial charge in [0.15, 0.2) is 0 Å². The number of unbranched alkanes of at least 4 members (excludes halogenated alkanes) is 4. The van der Waals surface area contributed by atoms with Gasteiger partial charge in [-0.1, -0.05) is 83.7 Å². The Hall–Kier alpha value is 0.570. The molecule has 0 unspecified atom stereocenters. The lowest BCUT2D eigenvalue weighted by Gasteiger charge is -2.28. The summed E-state index contributed by atoms with van der Waals surface area (Å²) in [6.45, 7) is 10.5. The summed E-state index contributed by atoms with van der Waals surface area (Å²) in [5.41, 5.74) is 1.40. The van der Waals surface area contributed by atoms with Gasteiger partial charge in [-0.25, -0.2) is 0 Å². The summed E-state index contributed by atoms with van der Waals surface area (Å²) in [6.07, 6.45) is 17.9. The van der Waals surface area contributed by atoms with Crippen LogP contribution in [0, 0.1) is 0 Å². The lowest BCUT2D eigenvalue weighted by atomic mass is 10.2. The van der Waals surface area contributed by atoms with Crippen molar-refractivity contribution in [3.63, 3.8) is 0 Å². The smallest absolute Gasteiger partial charge is 0.104 e. The molecule has 0 bridgehead atoms. The van der Waals surface area contributed by atoms with Crippen molar-refractivity contribution in [3.8, 4) is 0 Å². The van der Waals surface area contributed by atoms with Crippen molar-refractivity contribution < 1.29 is 38.4 Å². The van der Waals surface area contributed by atoms with Crippen LogP contribution in [-0.2, 0) is 6.54 Å². The Bertz CT molecular complexity index is 422. The lowest BCUT2D eigenvalue weighted by molar-refractivity contribution is -0.884. The van der Waals surface area contributed by atoms with Gasteiger partial charge in [0.05, 0.1) is 45.8 Å². The molecule has 0 atom stereocenters. The zero-order valence-corrected chi connectivity index (χ0v) is 25.3. The van der Waals surface area contributed by atoms with Crippen molar-refractivity contribution in [2.24, 2.45) is 0 Å². The van der Waals surface area contributed by atoms with E-state index in [1.807, 2.05) is 0 Å². The van der Waals surface area contributed by atoms with Crippen LogP contribution < -0.4 is 34.0 Å². The van der Waals surface area contributed by atoms with E-state index in [0.29, 0.717) is 0 Å². The second-order valence-electron chi connectivity index (χ2n) is 9.58. The van der Waals surface area contributed by atoms with E-state index in [2.05, 4.69) is 79.2 Å². The quantitative estimate of drug-likeness (QED) is 0.238. The molecule has 0 saturated heterocycles. The summed E-state index contributed by atoms with van der Waals surface area (Å²) >= 11 is 0. The number of hydrogen-bond donors (Lipinski definition) is 0. The van der Waals surface area contributed by atoms with Gasteiger partial charge in [-0.15, -0.1) is 0 Å². The van der Waals surface area contributed by atoms with E-state index in [9.17, 15) is 0 Å². The van der Waals surface area contributed by atoms with Crippen LogP contribution in [0.2, 0.25) is 0 Å². The molecule has 180 valence electrons. The topological polar surface area (TPSA) is 0 Å². The molecule has 4 heteroatoms. The molecule has 0 aliphatic carbocycles. The minimum atomic E-state index is -0.562. The number of halogens is 2. The van der Waals surface area contributed by atoms with E-state index in [0.717, 1.165) is 11.0 Å². The van der Waals surface area contributed by atoms with E-state index in [4.69, 9.17) is 0 Å². The molecule has 0 radical (unpaired) electrons. The van der Waals surface area contributed by atoms with Crippen LogP contribution in [-0.4, -0.2) is 50.3 Å². The fourth-order valence-electron chi connectivity index (χ4n) is 3.78. The van der Waals surface area contributed by atoms with Gasteiger partial charge < -0.3 is 38.4 Å². The summed E-state index contributed by atoms with van der Waals surface area (Å²) in [6, 6.07) is 10.6. The average Bonchev–Trinajstić information content (AvgIpc) is 2.67. The maximum absolute atomic E-state index is 2.36. The Morgan fingerprint density at radius 2 is 0.933 bits per heavy atom. The van der Waals surface area contributed by atoms with Crippen LogP contribution >= 0.6 is 7.26 Å². The third-order valence-electron chi connectivity index (χ3n) is 5.44. The first-order valence-electron chi connectivity index (χ1n) is 12.0. The third kappa shape index (κ3) is 19.3. The van der Waals surface area contributed by atoms with Gasteiger partial charge in [0.1, 0.15) is 6.54 Å². The molecule has 0 heterocycles. The Balaban J connectivity index is -0.000000489. The Morgan fingerprint density at radius 1 is 0.600 bits per heavy atom. The van der Waals surface area contributed by atoms with Gasteiger partial charge >= 0.3 is 0 Å². The molecule has 0 aliphatic rings. The second kappa shape index (κ2) is 21.4. The molecule has 0 aliphatic heterocycles. The molecule has 0 fully saturated rings. The fraction of sp³-hybridized carbons (Fsp3) is 0.769. The zero-order chi connectivity index (χ0) is 21.3. The normalized spacial score (nSPS) is 11.0. The highest BCUT2D eigenvalue weighted by molar-refractivity contribution is 7.75. The van der Waals surface area contributed by atoms with Crippen LogP contribution in [0.25, 0.3) is 0 Å². The van der Waals surface area contributed by atoms with E-state index >= 15 is 0 Å². The van der Waals surface area contributed by atoms with Crippen LogP contribution in [0.15, 0.2) is 30.3 Å². The van der Waals surface area contributed by atoms with Crippen molar-refractivity contribution in [2.75, 3.05) is 45.8 Å². The molecule has 0 aromatic heterocycles. The molecule has 1 rings (SSSR count). The summed E-state index contributed by atoms with van der Waals surface area (Å²) in [7, 11) is 6.04. The highest BCUT2D eigenvalue weighted by Gasteiger charge is 2.34. The van der Waals surface area contributed by atoms with Gasteiger partial charge in [0, 0.05) is 12.8 Å². The largest absolute Gasteiger partial charge is 1.00 e. The molecule has 30 heavy (non-hydrogen) atoms. The zero-order valence-electron chi connectivity index (χ0n) is 21.2. The highest BCUT2D eigenvalue weighted by atomic mass is 79.9. The Kier molecular flexibility index (Phi) is 25.1. The molecule has 1 aromatic carbocycles. The number of benzene rings is 1. The standard InChI is InChI=1S/C16H36P.C10H16N.2BrH/c1-5-9-13-17(14-10-6-2,15-11-7-3)16-12-8-4;1-11(2,3)9-10-7-5-4-6-8-10;;/h5-16H2,1-4H3;4-8H,9H2,1-3H3;2*1H/q2*+1;;/p-2. The van der Waals surface area contributed by atoms with Crippen LogP contribution in [0.5, 0.6) is 0 Å². The van der Waals surface area contributed by atoms with Crippen LogP contribution in [0.1, 0.15) is 84.6 Å². The molecule has 1 nitrogen and oxygen atoms in total. The minimum Gasteiger partial charge on any atom is -1.00 e. The Labute approximate surface area is 212 Å². The summed E-state index contributed by atoms with van der Waals surface area (Å²) in [4.78, 5) is 0. The van der Waals surface area contributed by atoms with Crippen molar-refractivity contribution in [1.29, 1.82) is 0 Å². The number of hydrogen-bond acceptors (Lipinski definition) is 0. The summed E-state index contributed by atoms with van der Waals surface area (Å²) in [5, 5.41) is 0. The summed E-state index contributed by atoms with van der Waals surface area (Å²) in [5.74, 6) is 0. The van der Waals surface area contributed by atoms with Gasteiger partial charge in [0.2, 0.25) is 0 Å². The minimum absolute atomic E-state index is 0. The van der Waals surface area contributed by atoms with Gasteiger partial charge in [-0.3, -0.25) is 0 Å². The highest BCUT2D eigenvalue weighted by Crippen LogP contribution is 2.61. The predicted octanol–water partition coefficient (Wildman–Crippen LogP) is 2.11. The first kappa shape index (κ1) is 35.2. The van der Waals surface area contributed by atoms with Gasteiger partial charge in [0.25, 0.3) is 0 Å². The van der Waals surface area contributed by atoms with Crippen molar-refractivity contribution in [2.45, 2.75) is 85.6 Å². The third-order valence-corrected chi connectivity index (χ3v) is 10.5. The molecule has 0 amide bonds. The maximum atomic E-state index is 2.36. The van der Waals surface area contributed by atoms with Crippen molar-refractivity contribution >= 4 is 7.26 Å². The molecular weight excluding hydrogens is 517 g/mol. The maximum Gasteiger partial charge on any atom is 0.104 e. The average molecular weight is 569 g/mol. The monoisotopic (exact) mass is 567 g/mol. The van der Waals surface area contributed by atoms with E-state index in [-0.39, 0.29) is 34.0 Å². The molecule has 0 saturated carbocycles. The number of rotatable bonds is 14. The number of nitrogens with zero attached hydrogens (tertiary/aromatic N) is 1. The van der Waals surface area contributed by atoms with E-state index in [1.165, 1.54) is 56.9 Å². The first-order chi connectivity index (χ1) is 13.3. The Morgan fingerprint density at radius 3 is 1.20 bits per heavy atom. The fourth-order valence-corrected chi connectivity index (χ4v) is 9.07. The first-order valence-corrected chi connectivity index (χ1v) is 14.5. The van der Waals surface area contributed by atoms with E-state index < -0.39 is 7.26 Å². The van der Waals surface area contributed by atoms with Crippen molar-refractivity contribution in [1.82, 2.24) is 0 Å². The molecule has 1 aromatic rings. The predicted molar refractivity (Wildman–Crippen MR) is 134 cm³/mol. The molecule has 0 spiro atoms. The van der Waals surface area contributed by atoms with E-state index in [1.54, 1.807) is 24.6 Å². The van der Waals surface area contributed by atoms with Crippen molar-refractivity contribution in [3.05, 3.63) is 35.9 Å². The SMILES string of the molecule is CCCC[P+](CCCC)(CCCC)CCCC.C[N+](C)(C)Cc1ccccc1.[Br-].[Br-].